The van der Waals surface area contributed by atoms with Gasteiger partial charge >= 0.3 is 0 Å². The van der Waals surface area contributed by atoms with Gasteiger partial charge in [-0.2, -0.15) is 0 Å². The minimum atomic E-state index is -0.401. The number of hydrogen-bond donors (Lipinski definition) is 1. The Labute approximate surface area is 123 Å². The van der Waals surface area contributed by atoms with Gasteiger partial charge in [-0.1, -0.05) is 25.1 Å². The molecular formula is C16H18N2O3. The first-order valence-electron chi connectivity index (χ1n) is 6.83. The maximum absolute atomic E-state index is 10.9. The quantitative estimate of drug-likeness (QED) is 0.648. The Kier molecular flexibility index (Phi) is 4.90. The highest BCUT2D eigenvalue weighted by molar-refractivity contribution is 5.49. The van der Waals surface area contributed by atoms with Crippen LogP contribution in [0.25, 0.3) is 0 Å². The van der Waals surface area contributed by atoms with Crippen molar-refractivity contribution in [2.45, 2.75) is 20.4 Å². The van der Waals surface area contributed by atoms with Gasteiger partial charge in [0.2, 0.25) is 0 Å². The van der Waals surface area contributed by atoms with E-state index in [0.717, 1.165) is 13.1 Å². The van der Waals surface area contributed by atoms with Gasteiger partial charge in [-0.05, 0) is 37.2 Å². The largest absolute Gasteiger partial charge is 0.457 e. The first-order valence-corrected chi connectivity index (χ1v) is 6.83. The monoisotopic (exact) mass is 286 g/mol. The van der Waals surface area contributed by atoms with Crippen molar-refractivity contribution in [3.8, 4) is 11.5 Å². The molecule has 0 aliphatic heterocycles. The second-order valence-electron chi connectivity index (χ2n) is 4.68. The van der Waals surface area contributed by atoms with Crippen molar-refractivity contribution in [2.24, 2.45) is 0 Å². The molecule has 0 aliphatic rings. The molecule has 0 amide bonds. The van der Waals surface area contributed by atoms with Gasteiger partial charge in [0.1, 0.15) is 11.5 Å². The molecule has 21 heavy (non-hydrogen) atoms. The van der Waals surface area contributed by atoms with Gasteiger partial charge in [0.25, 0.3) is 5.69 Å². The van der Waals surface area contributed by atoms with Crippen LogP contribution in [0.5, 0.6) is 11.5 Å². The third kappa shape index (κ3) is 3.79. The van der Waals surface area contributed by atoms with Crippen molar-refractivity contribution >= 4 is 5.69 Å². The molecule has 5 heteroatoms. The lowest BCUT2D eigenvalue weighted by molar-refractivity contribution is -0.385. The average molecular weight is 286 g/mol. The Balaban J connectivity index is 2.15. The van der Waals surface area contributed by atoms with Crippen LogP contribution in [0.3, 0.4) is 0 Å². The van der Waals surface area contributed by atoms with E-state index in [1.807, 2.05) is 24.3 Å². The summed E-state index contributed by atoms with van der Waals surface area (Å²) in [5.41, 5.74) is 1.76. The summed E-state index contributed by atoms with van der Waals surface area (Å²) in [4.78, 5) is 10.5. The maximum atomic E-state index is 10.9. The van der Waals surface area contributed by atoms with E-state index in [4.69, 9.17) is 4.74 Å². The van der Waals surface area contributed by atoms with Crippen LogP contribution in [0.4, 0.5) is 5.69 Å². The molecule has 0 spiro atoms. The number of nitrogens with zero attached hydrogens (tertiary/aromatic N) is 1. The number of rotatable bonds is 6. The predicted molar refractivity (Wildman–Crippen MR) is 81.7 cm³/mol. The van der Waals surface area contributed by atoms with E-state index >= 15 is 0 Å². The third-order valence-electron chi connectivity index (χ3n) is 3.18. The highest BCUT2D eigenvalue weighted by Gasteiger charge is 2.14. The first-order chi connectivity index (χ1) is 10.1. The second-order valence-corrected chi connectivity index (χ2v) is 4.68. The molecule has 1 N–H and O–H groups in total. The van der Waals surface area contributed by atoms with Crippen LogP contribution in [-0.2, 0) is 6.54 Å². The summed E-state index contributed by atoms with van der Waals surface area (Å²) in [7, 11) is 0. The van der Waals surface area contributed by atoms with Crippen molar-refractivity contribution in [3.05, 3.63) is 63.7 Å². The molecule has 0 atom stereocenters. The summed E-state index contributed by atoms with van der Waals surface area (Å²) < 4.78 is 5.73. The number of nitro groups is 1. The number of ether oxygens (including phenoxy) is 1. The number of hydrogen-bond acceptors (Lipinski definition) is 4. The van der Waals surface area contributed by atoms with Gasteiger partial charge < -0.3 is 10.1 Å². The number of nitro benzene ring substituents is 1. The molecule has 0 fully saturated rings. The van der Waals surface area contributed by atoms with E-state index in [2.05, 4.69) is 12.2 Å². The third-order valence-corrected chi connectivity index (χ3v) is 3.18. The molecule has 2 aromatic rings. The van der Waals surface area contributed by atoms with E-state index in [9.17, 15) is 10.1 Å². The molecule has 0 aliphatic carbocycles. The van der Waals surface area contributed by atoms with E-state index in [1.165, 1.54) is 11.6 Å². The van der Waals surface area contributed by atoms with Crippen LogP contribution in [-0.4, -0.2) is 11.5 Å². The first kappa shape index (κ1) is 15.0. The Morgan fingerprint density at radius 3 is 2.52 bits per heavy atom. The molecule has 5 nitrogen and oxygen atoms in total. The second kappa shape index (κ2) is 6.85. The van der Waals surface area contributed by atoms with Crippen LogP contribution in [0, 0.1) is 17.0 Å². The van der Waals surface area contributed by atoms with E-state index in [1.54, 1.807) is 19.1 Å². The summed E-state index contributed by atoms with van der Waals surface area (Å²) in [6, 6.07) is 12.5. The normalized spacial score (nSPS) is 10.4. The Morgan fingerprint density at radius 2 is 1.90 bits per heavy atom. The van der Waals surface area contributed by atoms with Gasteiger partial charge in [0.15, 0.2) is 0 Å². The van der Waals surface area contributed by atoms with Crippen molar-refractivity contribution in [1.29, 1.82) is 0 Å². The lowest BCUT2D eigenvalue weighted by Gasteiger charge is -2.09. The van der Waals surface area contributed by atoms with Crippen LogP contribution < -0.4 is 10.1 Å². The molecule has 0 heterocycles. The molecule has 0 saturated carbocycles. The zero-order valence-corrected chi connectivity index (χ0v) is 12.1. The summed E-state index contributed by atoms with van der Waals surface area (Å²) >= 11 is 0. The zero-order valence-electron chi connectivity index (χ0n) is 12.1. The molecule has 110 valence electrons. The highest BCUT2D eigenvalue weighted by Crippen LogP contribution is 2.30. The summed E-state index contributed by atoms with van der Waals surface area (Å²) in [5.74, 6) is 1.17. The molecule has 0 aromatic heterocycles. The number of nitrogens with one attached hydrogen (secondary N) is 1. The minimum Gasteiger partial charge on any atom is -0.457 e. The molecular weight excluding hydrogens is 268 g/mol. The fourth-order valence-electron chi connectivity index (χ4n) is 1.98. The van der Waals surface area contributed by atoms with Crippen molar-refractivity contribution < 1.29 is 9.66 Å². The average Bonchev–Trinajstić information content (AvgIpc) is 2.48. The molecule has 2 aromatic carbocycles. The van der Waals surface area contributed by atoms with Gasteiger partial charge in [-0.15, -0.1) is 0 Å². The standard InChI is InChI=1S/C16H18N2O3/c1-3-17-11-13-7-9-14(10-8-13)21-16-6-4-5-15(12(16)2)18(19)20/h4-10,17H,3,11H2,1-2H3. The molecule has 0 saturated heterocycles. The summed E-state index contributed by atoms with van der Waals surface area (Å²) in [6.45, 7) is 5.48. The molecule has 0 bridgehead atoms. The Hall–Kier alpha value is -2.40. The fourth-order valence-corrected chi connectivity index (χ4v) is 1.98. The Bertz CT molecular complexity index is 624. The van der Waals surface area contributed by atoms with E-state index in [-0.39, 0.29) is 5.69 Å². The minimum absolute atomic E-state index is 0.0660. The van der Waals surface area contributed by atoms with Gasteiger partial charge in [0, 0.05) is 12.6 Å². The van der Waals surface area contributed by atoms with Crippen LogP contribution in [0.15, 0.2) is 42.5 Å². The lowest BCUT2D eigenvalue weighted by atomic mass is 10.2. The maximum Gasteiger partial charge on any atom is 0.276 e. The van der Waals surface area contributed by atoms with Crippen molar-refractivity contribution in [2.75, 3.05) is 6.54 Å². The molecule has 0 unspecified atom stereocenters. The SMILES string of the molecule is CCNCc1ccc(Oc2cccc([N+](=O)[O-])c2C)cc1. The van der Waals surface area contributed by atoms with Crippen molar-refractivity contribution in [1.82, 2.24) is 5.32 Å². The molecule has 0 radical (unpaired) electrons. The number of benzene rings is 2. The smallest absolute Gasteiger partial charge is 0.276 e. The summed E-state index contributed by atoms with van der Waals surface area (Å²) in [5, 5.41) is 14.2. The van der Waals surface area contributed by atoms with Gasteiger partial charge in [0.05, 0.1) is 10.5 Å². The summed E-state index contributed by atoms with van der Waals surface area (Å²) in [6.07, 6.45) is 0. The Morgan fingerprint density at radius 1 is 1.19 bits per heavy atom. The fraction of sp³-hybridized carbons (Fsp3) is 0.250. The van der Waals surface area contributed by atoms with Crippen LogP contribution >= 0.6 is 0 Å². The van der Waals surface area contributed by atoms with Crippen LogP contribution in [0.1, 0.15) is 18.1 Å². The molecule has 2 rings (SSSR count). The van der Waals surface area contributed by atoms with Gasteiger partial charge in [-0.25, -0.2) is 0 Å². The van der Waals surface area contributed by atoms with Crippen molar-refractivity contribution in [3.63, 3.8) is 0 Å². The lowest BCUT2D eigenvalue weighted by Crippen LogP contribution is -2.11. The topological polar surface area (TPSA) is 64.4 Å². The van der Waals surface area contributed by atoms with Crippen LogP contribution in [0.2, 0.25) is 0 Å². The highest BCUT2D eigenvalue weighted by atomic mass is 16.6. The van der Waals surface area contributed by atoms with E-state index in [0.29, 0.717) is 17.1 Å². The predicted octanol–water partition coefficient (Wildman–Crippen LogP) is 3.81. The van der Waals surface area contributed by atoms with E-state index < -0.39 is 4.92 Å². The van der Waals surface area contributed by atoms with Gasteiger partial charge in [-0.3, -0.25) is 10.1 Å². The zero-order chi connectivity index (χ0) is 15.2.